The maximum Gasteiger partial charge on any atom is 0.317 e. The number of aliphatic hydroxyl groups is 1. The number of nitrogens with zero attached hydrogens (tertiary/aromatic N) is 4. The highest BCUT2D eigenvalue weighted by Crippen LogP contribution is 2.26. The number of likely N-dealkylation sites (tertiary alicyclic amines) is 1. The fraction of sp³-hybridized carbons (Fsp3) is 0.526. The Balaban J connectivity index is 1.51. The molecule has 0 saturated carbocycles. The molecule has 2 amide bonds. The Morgan fingerprint density at radius 2 is 2.08 bits per heavy atom. The van der Waals surface area contributed by atoms with Crippen molar-refractivity contribution in [3.8, 4) is 0 Å². The van der Waals surface area contributed by atoms with Crippen LogP contribution in [-0.4, -0.2) is 43.9 Å². The van der Waals surface area contributed by atoms with Gasteiger partial charge in [-0.2, -0.15) is 0 Å². The van der Waals surface area contributed by atoms with Gasteiger partial charge in [0.25, 0.3) is 0 Å². The summed E-state index contributed by atoms with van der Waals surface area (Å²) < 4.78 is 1.95. The van der Waals surface area contributed by atoms with Crippen LogP contribution in [-0.2, 0) is 19.2 Å². The van der Waals surface area contributed by atoms with Gasteiger partial charge in [0.05, 0.1) is 5.60 Å². The molecule has 1 saturated heterocycles. The predicted octanol–water partition coefficient (Wildman–Crippen LogP) is 2.13. The molecule has 0 radical (unpaired) electrons. The lowest BCUT2D eigenvalue weighted by molar-refractivity contribution is 0.0785. The van der Waals surface area contributed by atoms with Crippen LogP contribution in [0.4, 0.5) is 4.79 Å². The van der Waals surface area contributed by atoms with Crippen LogP contribution in [0.15, 0.2) is 30.6 Å². The second-order valence-corrected chi connectivity index (χ2v) is 7.48. The molecule has 140 valence electrons. The molecule has 1 aromatic carbocycles. The maximum atomic E-state index is 12.4. The van der Waals surface area contributed by atoms with E-state index < -0.39 is 5.60 Å². The average Bonchev–Trinajstić information content (AvgIpc) is 3.05. The molecular formula is C19H27N5O2. The van der Waals surface area contributed by atoms with Gasteiger partial charge in [0.15, 0.2) is 0 Å². The monoisotopic (exact) mass is 357 g/mol. The lowest BCUT2D eigenvalue weighted by Crippen LogP contribution is -2.44. The van der Waals surface area contributed by atoms with Gasteiger partial charge in [-0.1, -0.05) is 24.3 Å². The normalized spacial score (nSPS) is 15.9. The van der Waals surface area contributed by atoms with Crippen LogP contribution in [0.25, 0.3) is 0 Å². The van der Waals surface area contributed by atoms with E-state index in [9.17, 15) is 9.90 Å². The molecule has 2 aromatic rings. The number of hydrogen-bond acceptors (Lipinski definition) is 4. The van der Waals surface area contributed by atoms with Gasteiger partial charge in [0.2, 0.25) is 0 Å². The first-order valence-electron chi connectivity index (χ1n) is 9.03. The first kappa shape index (κ1) is 18.4. The molecule has 1 fully saturated rings. The summed E-state index contributed by atoms with van der Waals surface area (Å²) in [5.41, 5.74) is 0.933. The van der Waals surface area contributed by atoms with Crippen LogP contribution in [0.5, 0.6) is 0 Å². The Morgan fingerprint density at radius 1 is 1.35 bits per heavy atom. The van der Waals surface area contributed by atoms with Crippen LogP contribution in [0, 0.1) is 0 Å². The number of carbonyl (C=O) groups is 1. The first-order chi connectivity index (χ1) is 12.3. The van der Waals surface area contributed by atoms with E-state index in [0.717, 1.165) is 29.8 Å². The Bertz CT molecular complexity index is 757. The third kappa shape index (κ3) is 4.22. The number of amides is 2. The molecule has 7 nitrogen and oxygen atoms in total. The average molecular weight is 357 g/mol. The van der Waals surface area contributed by atoms with Crippen LogP contribution in [0.1, 0.15) is 49.6 Å². The van der Waals surface area contributed by atoms with Gasteiger partial charge in [-0.05, 0) is 37.8 Å². The summed E-state index contributed by atoms with van der Waals surface area (Å²) in [5.74, 6) is 1.35. The molecule has 26 heavy (non-hydrogen) atoms. The summed E-state index contributed by atoms with van der Waals surface area (Å²) in [7, 11) is 1.95. The molecule has 2 N–H and O–H groups in total. The van der Waals surface area contributed by atoms with Gasteiger partial charge >= 0.3 is 6.03 Å². The van der Waals surface area contributed by atoms with Gasteiger partial charge < -0.3 is 19.9 Å². The van der Waals surface area contributed by atoms with Crippen molar-refractivity contribution in [3.63, 3.8) is 0 Å². The number of hydrogen-bond donors (Lipinski definition) is 2. The van der Waals surface area contributed by atoms with Crippen LogP contribution >= 0.6 is 0 Å². The van der Waals surface area contributed by atoms with E-state index >= 15 is 0 Å². The summed E-state index contributed by atoms with van der Waals surface area (Å²) in [6.45, 7) is 5.39. The van der Waals surface area contributed by atoms with E-state index in [1.807, 2.05) is 40.8 Å². The third-order valence-electron chi connectivity index (χ3n) is 4.97. The predicted molar refractivity (Wildman–Crippen MR) is 98.5 cm³/mol. The molecule has 3 rings (SSSR count). The highest BCUT2D eigenvalue weighted by atomic mass is 16.3. The van der Waals surface area contributed by atoms with E-state index in [2.05, 4.69) is 15.5 Å². The Hall–Kier alpha value is -2.41. The molecule has 0 bridgehead atoms. The van der Waals surface area contributed by atoms with Crippen LogP contribution < -0.4 is 5.32 Å². The Kier molecular flexibility index (Phi) is 5.27. The third-order valence-corrected chi connectivity index (χ3v) is 4.97. The molecule has 0 unspecified atom stereocenters. The highest BCUT2D eigenvalue weighted by molar-refractivity contribution is 5.74. The zero-order chi connectivity index (χ0) is 18.7. The van der Waals surface area contributed by atoms with Crippen molar-refractivity contribution in [2.75, 3.05) is 13.1 Å². The molecular weight excluding hydrogens is 330 g/mol. The lowest BCUT2D eigenvalue weighted by Gasteiger charge is -2.31. The molecule has 1 aliphatic rings. The molecule has 0 aliphatic carbocycles. The maximum absolute atomic E-state index is 12.4. The molecule has 1 aliphatic heterocycles. The Labute approximate surface area is 154 Å². The smallest absolute Gasteiger partial charge is 0.317 e. The SMILES string of the molecule is Cn1cnnc1C1CCN(C(=O)NCc2cccc(C(C)(C)O)c2)CC1. The fourth-order valence-electron chi connectivity index (χ4n) is 3.35. The number of aryl methyl sites for hydroxylation is 1. The van der Waals surface area contributed by atoms with Gasteiger partial charge in [0.1, 0.15) is 12.2 Å². The number of aromatic nitrogens is 3. The standard InChI is InChI=1S/C19H27N5O2/c1-19(2,26)16-6-4-5-14(11-16)12-20-18(25)24-9-7-15(8-10-24)17-22-21-13-23(17)3/h4-6,11,13,15,26H,7-10,12H2,1-3H3,(H,20,25). The van der Waals surface area contributed by atoms with E-state index in [4.69, 9.17) is 0 Å². The van der Waals surface area contributed by atoms with E-state index in [0.29, 0.717) is 25.6 Å². The summed E-state index contributed by atoms with van der Waals surface area (Å²) >= 11 is 0. The van der Waals surface area contributed by atoms with Crippen molar-refractivity contribution in [2.45, 2.75) is 44.8 Å². The van der Waals surface area contributed by atoms with E-state index in [1.165, 1.54) is 0 Å². The van der Waals surface area contributed by atoms with Crippen molar-refractivity contribution in [1.82, 2.24) is 25.0 Å². The minimum absolute atomic E-state index is 0.0462. The van der Waals surface area contributed by atoms with Crippen molar-refractivity contribution in [2.24, 2.45) is 7.05 Å². The first-order valence-corrected chi connectivity index (χ1v) is 9.03. The molecule has 2 heterocycles. The summed E-state index contributed by atoms with van der Waals surface area (Å²) in [4.78, 5) is 14.3. The van der Waals surface area contributed by atoms with E-state index in [-0.39, 0.29) is 6.03 Å². The largest absolute Gasteiger partial charge is 0.386 e. The number of nitrogens with one attached hydrogen (secondary N) is 1. The summed E-state index contributed by atoms with van der Waals surface area (Å²) in [6, 6.07) is 7.63. The van der Waals surface area contributed by atoms with Crippen LogP contribution in [0.3, 0.4) is 0 Å². The van der Waals surface area contributed by atoms with E-state index in [1.54, 1.807) is 20.2 Å². The number of benzene rings is 1. The minimum atomic E-state index is -0.887. The fourth-order valence-corrected chi connectivity index (χ4v) is 3.35. The van der Waals surface area contributed by atoms with Gasteiger partial charge in [0, 0.05) is 32.6 Å². The molecule has 0 atom stereocenters. The lowest BCUT2D eigenvalue weighted by atomic mass is 9.96. The van der Waals surface area contributed by atoms with Crippen LogP contribution in [0.2, 0.25) is 0 Å². The molecule has 1 aromatic heterocycles. The topological polar surface area (TPSA) is 83.3 Å². The van der Waals surface area contributed by atoms with Crippen molar-refractivity contribution in [1.29, 1.82) is 0 Å². The Morgan fingerprint density at radius 3 is 2.69 bits per heavy atom. The number of piperidine rings is 1. The number of carbonyl (C=O) groups excluding carboxylic acids is 1. The van der Waals surface area contributed by atoms with Gasteiger partial charge in [-0.3, -0.25) is 0 Å². The second kappa shape index (κ2) is 7.45. The number of urea groups is 1. The molecule has 7 heteroatoms. The van der Waals surface area contributed by atoms with Gasteiger partial charge in [-0.15, -0.1) is 10.2 Å². The zero-order valence-electron chi connectivity index (χ0n) is 15.6. The highest BCUT2D eigenvalue weighted by Gasteiger charge is 2.26. The van der Waals surface area contributed by atoms with Crippen molar-refractivity contribution < 1.29 is 9.90 Å². The summed E-state index contributed by atoms with van der Waals surface area (Å²) in [6.07, 6.45) is 3.51. The minimum Gasteiger partial charge on any atom is -0.386 e. The molecule has 0 spiro atoms. The van der Waals surface area contributed by atoms with Gasteiger partial charge in [-0.25, -0.2) is 4.79 Å². The van der Waals surface area contributed by atoms with Crippen molar-refractivity contribution in [3.05, 3.63) is 47.5 Å². The quantitative estimate of drug-likeness (QED) is 0.878. The summed E-state index contributed by atoms with van der Waals surface area (Å²) in [5, 5.41) is 21.2. The number of rotatable bonds is 4. The van der Waals surface area contributed by atoms with Crippen molar-refractivity contribution >= 4 is 6.03 Å². The zero-order valence-corrected chi connectivity index (χ0v) is 15.6. The second-order valence-electron chi connectivity index (χ2n) is 7.48.